The smallest absolute Gasteiger partial charge is 0.308 e. The summed E-state index contributed by atoms with van der Waals surface area (Å²) in [6, 6.07) is 25.3. The monoisotopic (exact) mass is 428 g/mol. The first-order valence-corrected chi connectivity index (χ1v) is 10.3. The van der Waals surface area contributed by atoms with Gasteiger partial charge in [-0.3, -0.25) is 9.59 Å². The van der Waals surface area contributed by atoms with Crippen LogP contribution in [0.5, 0.6) is 11.5 Å². The molecular formula is C26H24N2O4. The van der Waals surface area contributed by atoms with Crippen molar-refractivity contribution in [2.24, 2.45) is 11.0 Å². The van der Waals surface area contributed by atoms with E-state index in [1.807, 2.05) is 36.4 Å². The maximum Gasteiger partial charge on any atom is 0.308 e. The van der Waals surface area contributed by atoms with E-state index >= 15 is 0 Å². The number of methoxy groups -OCH3 is 1. The molecule has 1 N–H and O–H groups in total. The van der Waals surface area contributed by atoms with E-state index < -0.39 is 5.97 Å². The molecule has 1 aliphatic carbocycles. The molecule has 0 heterocycles. The summed E-state index contributed by atoms with van der Waals surface area (Å²) in [5, 5.41) is 4.13. The Balaban J connectivity index is 1.49. The van der Waals surface area contributed by atoms with Gasteiger partial charge in [0.25, 0.3) is 0 Å². The third-order valence-electron chi connectivity index (χ3n) is 5.68. The van der Waals surface area contributed by atoms with Crippen molar-refractivity contribution in [1.29, 1.82) is 0 Å². The summed E-state index contributed by atoms with van der Waals surface area (Å²) < 4.78 is 10.4. The number of nitrogens with zero attached hydrogens (tertiary/aromatic N) is 1. The van der Waals surface area contributed by atoms with Gasteiger partial charge in [-0.25, -0.2) is 5.43 Å². The third-order valence-corrected chi connectivity index (χ3v) is 5.68. The first-order chi connectivity index (χ1) is 15.5. The molecule has 1 aliphatic rings. The van der Waals surface area contributed by atoms with Crippen molar-refractivity contribution in [3.05, 3.63) is 95.6 Å². The Bertz CT molecular complexity index is 1100. The van der Waals surface area contributed by atoms with Crippen LogP contribution in [0.1, 0.15) is 30.0 Å². The van der Waals surface area contributed by atoms with Crippen LogP contribution >= 0.6 is 0 Å². The van der Waals surface area contributed by atoms with Gasteiger partial charge in [0.1, 0.15) is 0 Å². The summed E-state index contributed by atoms with van der Waals surface area (Å²) in [5.41, 5.74) is 5.29. The molecule has 3 aromatic carbocycles. The van der Waals surface area contributed by atoms with Gasteiger partial charge in [0.05, 0.1) is 19.2 Å². The van der Waals surface area contributed by atoms with Crippen molar-refractivity contribution in [2.75, 3.05) is 7.11 Å². The van der Waals surface area contributed by atoms with Crippen molar-refractivity contribution < 1.29 is 19.1 Å². The summed E-state index contributed by atoms with van der Waals surface area (Å²) >= 11 is 0. The second-order valence-electron chi connectivity index (χ2n) is 7.70. The van der Waals surface area contributed by atoms with E-state index in [0.717, 1.165) is 17.5 Å². The zero-order chi connectivity index (χ0) is 22.6. The third kappa shape index (κ3) is 4.25. The first kappa shape index (κ1) is 21.3. The van der Waals surface area contributed by atoms with Gasteiger partial charge in [-0.15, -0.1) is 0 Å². The predicted octanol–water partition coefficient (Wildman–Crippen LogP) is 4.08. The highest BCUT2D eigenvalue weighted by atomic mass is 16.6. The van der Waals surface area contributed by atoms with Crippen molar-refractivity contribution in [3.63, 3.8) is 0 Å². The van der Waals surface area contributed by atoms with E-state index in [0.29, 0.717) is 17.1 Å². The van der Waals surface area contributed by atoms with Gasteiger partial charge in [-0.05, 0) is 41.3 Å². The molecule has 0 bridgehead atoms. The summed E-state index contributed by atoms with van der Waals surface area (Å²) in [6.07, 6.45) is 2.26. The Morgan fingerprint density at radius 3 is 2.16 bits per heavy atom. The normalized spacial score (nSPS) is 16.4. The topological polar surface area (TPSA) is 77.0 Å². The van der Waals surface area contributed by atoms with Crippen molar-refractivity contribution in [2.45, 2.75) is 18.8 Å². The quantitative estimate of drug-likeness (QED) is 0.266. The van der Waals surface area contributed by atoms with Gasteiger partial charge in [0, 0.05) is 12.3 Å². The number of hydrogen-bond donors (Lipinski definition) is 1. The number of nitrogens with one attached hydrogen (secondary N) is 1. The minimum Gasteiger partial charge on any atom is -0.493 e. The highest BCUT2D eigenvalue weighted by Gasteiger charge is 2.60. The molecule has 6 heteroatoms. The lowest BCUT2D eigenvalue weighted by Crippen LogP contribution is -2.25. The summed E-state index contributed by atoms with van der Waals surface area (Å²) in [6.45, 7) is 1.33. The average Bonchev–Trinajstić information content (AvgIpc) is 3.58. The lowest BCUT2D eigenvalue weighted by molar-refractivity contribution is -0.132. The zero-order valence-corrected chi connectivity index (χ0v) is 17.9. The maximum absolute atomic E-state index is 12.9. The molecule has 0 aromatic heterocycles. The molecule has 6 nitrogen and oxygen atoms in total. The van der Waals surface area contributed by atoms with Crippen LogP contribution in [-0.2, 0) is 15.0 Å². The van der Waals surface area contributed by atoms with Crippen LogP contribution in [0.15, 0.2) is 84.0 Å². The number of ether oxygens (including phenoxy) is 2. The molecule has 0 saturated heterocycles. The lowest BCUT2D eigenvalue weighted by Gasteiger charge is -2.18. The summed E-state index contributed by atoms with van der Waals surface area (Å²) in [7, 11) is 1.49. The fraction of sp³-hybridized carbons (Fsp3) is 0.192. The second-order valence-corrected chi connectivity index (χ2v) is 7.70. The molecular weight excluding hydrogens is 404 g/mol. The standard InChI is InChI=1S/C26H24N2O4/c1-18(29)32-23-14-13-19(15-24(23)31-2)17-27-28-25(30)22-16-26(22,20-9-5-3-6-10-20)21-11-7-4-8-12-21/h3-15,17,22H,16H2,1-2H3,(H,28,30). The van der Waals surface area contributed by atoms with Crippen LogP contribution in [-0.4, -0.2) is 25.2 Å². The van der Waals surface area contributed by atoms with Crippen LogP contribution < -0.4 is 14.9 Å². The van der Waals surface area contributed by atoms with Gasteiger partial charge in [-0.1, -0.05) is 60.7 Å². The molecule has 1 unspecified atom stereocenters. The number of hydrazone groups is 1. The number of rotatable bonds is 7. The van der Waals surface area contributed by atoms with E-state index in [4.69, 9.17) is 9.47 Å². The van der Waals surface area contributed by atoms with Gasteiger partial charge < -0.3 is 9.47 Å². The summed E-state index contributed by atoms with van der Waals surface area (Å²) in [4.78, 5) is 24.1. The van der Waals surface area contributed by atoms with E-state index in [1.165, 1.54) is 20.2 Å². The molecule has 1 amide bonds. The first-order valence-electron chi connectivity index (χ1n) is 10.3. The SMILES string of the molecule is COc1cc(C=NNC(=O)C2CC2(c2ccccc2)c2ccccc2)ccc1OC(C)=O. The number of carbonyl (C=O) groups excluding carboxylic acids is 2. The molecule has 3 aromatic rings. The fourth-order valence-electron chi connectivity index (χ4n) is 4.11. The molecule has 0 aliphatic heterocycles. The maximum atomic E-state index is 12.9. The van der Waals surface area contributed by atoms with E-state index in [1.54, 1.807) is 18.2 Å². The minimum atomic E-state index is -0.429. The Morgan fingerprint density at radius 1 is 0.969 bits per heavy atom. The number of hydrogen-bond acceptors (Lipinski definition) is 5. The Kier molecular flexibility index (Phi) is 6.03. The van der Waals surface area contributed by atoms with E-state index in [2.05, 4.69) is 34.8 Å². The van der Waals surface area contributed by atoms with Crippen molar-refractivity contribution in [3.8, 4) is 11.5 Å². The van der Waals surface area contributed by atoms with Gasteiger partial charge >= 0.3 is 5.97 Å². The molecule has 1 fully saturated rings. The highest BCUT2D eigenvalue weighted by Crippen LogP contribution is 2.58. The van der Waals surface area contributed by atoms with Crippen molar-refractivity contribution in [1.82, 2.24) is 5.43 Å². The number of benzene rings is 3. The number of amides is 1. The predicted molar refractivity (Wildman–Crippen MR) is 122 cm³/mol. The average molecular weight is 428 g/mol. The van der Waals surface area contributed by atoms with Crippen LogP contribution in [0.2, 0.25) is 0 Å². The molecule has 162 valence electrons. The van der Waals surface area contributed by atoms with Gasteiger partial charge in [0.15, 0.2) is 11.5 Å². The zero-order valence-electron chi connectivity index (χ0n) is 17.9. The lowest BCUT2D eigenvalue weighted by atomic mass is 9.85. The van der Waals surface area contributed by atoms with Crippen LogP contribution in [0, 0.1) is 5.92 Å². The Labute approximate surface area is 186 Å². The van der Waals surface area contributed by atoms with Crippen molar-refractivity contribution >= 4 is 18.1 Å². The Hall–Kier alpha value is -3.93. The minimum absolute atomic E-state index is 0.127. The van der Waals surface area contributed by atoms with E-state index in [9.17, 15) is 9.59 Å². The van der Waals surface area contributed by atoms with Gasteiger partial charge in [-0.2, -0.15) is 5.10 Å². The molecule has 1 saturated carbocycles. The van der Waals surface area contributed by atoms with Gasteiger partial charge in [0.2, 0.25) is 5.91 Å². The second kappa shape index (κ2) is 9.06. The summed E-state index contributed by atoms with van der Waals surface area (Å²) in [5.74, 6) is -0.0241. The molecule has 32 heavy (non-hydrogen) atoms. The largest absolute Gasteiger partial charge is 0.493 e. The number of esters is 1. The molecule has 4 rings (SSSR count). The van der Waals surface area contributed by atoms with Crippen LogP contribution in [0.4, 0.5) is 0 Å². The number of carbonyl (C=O) groups is 2. The highest BCUT2D eigenvalue weighted by molar-refractivity contribution is 5.88. The van der Waals surface area contributed by atoms with Crippen LogP contribution in [0.25, 0.3) is 0 Å². The molecule has 0 spiro atoms. The Morgan fingerprint density at radius 2 is 1.59 bits per heavy atom. The molecule has 1 atom stereocenters. The van der Waals surface area contributed by atoms with E-state index in [-0.39, 0.29) is 17.2 Å². The van der Waals surface area contributed by atoms with Crippen LogP contribution in [0.3, 0.4) is 0 Å². The fourth-order valence-corrected chi connectivity index (χ4v) is 4.11. The molecule has 0 radical (unpaired) electrons.